The highest BCUT2D eigenvalue weighted by atomic mass is 16.5. The number of aromatic nitrogens is 1. The van der Waals surface area contributed by atoms with Crippen molar-refractivity contribution in [2.24, 2.45) is 0 Å². The van der Waals surface area contributed by atoms with Crippen LogP contribution < -0.4 is 9.64 Å². The molecule has 0 amide bonds. The first-order chi connectivity index (χ1) is 14.8. The zero-order valence-corrected chi connectivity index (χ0v) is 17.8. The fourth-order valence-electron chi connectivity index (χ4n) is 4.84. The summed E-state index contributed by atoms with van der Waals surface area (Å²) < 4.78 is 7.97. The largest absolute Gasteiger partial charge is 0.495 e. The van der Waals surface area contributed by atoms with Gasteiger partial charge >= 0.3 is 0 Å². The summed E-state index contributed by atoms with van der Waals surface area (Å²) in [6.07, 6.45) is 0. The molecular formula is C26H29N3O. The van der Waals surface area contributed by atoms with Gasteiger partial charge in [-0.15, -0.1) is 0 Å². The summed E-state index contributed by atoms with van der Waals surface area (Å²) in [4.78, 5) is 5.00. The number of anilines is 1. The first kappa shape index (κ1) is 19.0. The predicted octanol–water partition coefficient (Wildman–Crippen LogP) is 5.15. The number of benzene rings is 3. The maximum atomic E-state index is 5.55. The van der Waals surface area contributed by atoms with E-state index in [0.29, 0.717) is 0 Å². The van der Waals surface area contributed by atoms with Crippen LogP contribution >= 0.6 is 0 Å². The molecule has 0 spiro atoms. The number of ether oxygens (including phenoxy) is 1. The quantitative estimate of drug-likeness (QED) is 0.463. The molecule has 4 heteroatoms. The minimum Gasteiger partial charge on any atom is -0.495 e. The molecule has 1 aliphatic rings. The molecule has 2 heterocycles. The van der Waals surface area contributed by atoms with Crippen LogP contribution in [0.5, 0.6) is 5.75 Å². The second kappa shape index (κ2) is 8.04. The maximum absolute atomic E-state index is 5.55. The average Bonchev–Trinajstić information content (AvgIpc) is 3.12. The van der Waals surface area contributed by atoms with Crippen LogP contribution in [0.15, 0.2) is 66.7 Å². The molecule has 0 unspecified atom stereocenters. The third-order valence-corrected chi connectivity index (χ3v) is 6.36. The highest BCUT2D eigenvalue weighted by Crippen LogP contribution is 2.31. The second-order valence-corrected chi connectivity index (χ2v) is 8.05. The molecule has 3 aromatic carbocycles. The second-order valence-electron chi connectivity index (χ2n) is 8.05. The molecule has 0 radical (unpaired) electrons. The molecule has 1 aromatic heterocycles. The Hall–Kier alpha value is -2.98. The first-order valence-corrected chi connectivity index (χ1v) is 10.9. The van der Waals surface area contributed by atoms with E-state index in [0.717, 1.165) is 45.0 Å². The molecule has 0 atom stereocenters. The topological polar surface area (TPSA) is 20.6 Å². The number of fused-ring (bicyclic) bond motifs is 3. The van der Waals surface area contributed by atoms with Crippen LogP contribution in [0, 0.1) is 0 Å². The van der Waals surface area contributed by atoms with Crippen molar-refractivity contribution < 1.29 is 4.74 Å². The lowest BCUT2D eigenvalue weighted by Gasteiger charge is -2.36. The molecule has 4 nitrogen and oxygen atoms in total. The van der Waals surface area contributed by atoms with Crippen LogP contribution in [0.4, 0.5) is 5.69 Å². The highest BCUT2D eigenvalue weighted by molar-refractivity contribution is 6.08. The number of rotatable bonds is 5. The Morgan fingerprint density at radius 3 is 2.33 bits per heavy atom. The van der Waals surface area contributed by atoms with E-state index in [1.807, 2.05) is 12.1 Å². The molecule has 0 N–H and O–H groups in total. The number of hydrogen-bond donors (Lipinski definition) is 0. The molecule has 0 bridgehead atoms. The van der Waals surface area contributed by atoms with Crippen LogP contribution in [-0.2, 0) is 13.1 Å². The average molecular weight is 400 g/mol. The van der Waals surface area contributed by atoms with Gasteiger partial charge in [0.25, 0.3) is 0 Å². The lowest BCUT2D eigenvalue weighted by molar-refractivity contribution is 0.249. The molecule has 4 aromatic rings. The van der Waals surface area contributed by atoms with Gasteiger partial charge < -0.3 is 14.2 Å². The van der Waals surface area contributed by atoms with Gasteiger partial charge in [-0.1, -0.05) is 36.4 Å². The van der Waals surface area contributed by atoms with Gasteiger partial charge in [-0.05, 0) is 42.8 Å². The Morgan fingerprint density at radius 2 is 1.53 bits per heavy atom. The molecule has 5 rings (SSSR count). The summed E-state index contributed by atoms with van der Waals surface area (Å²) in [5, 5.41) is 2.73. The Morgan fingerprint density at radius 1 is 0.800 bits per heavy atom. The zero-order chi connectivity index (χ0) is 20.5. The van der Waals surface area contributed by atoms with Crippen LogP contribution in [0.25, 0.3) is 21.8 Å². The van der Waals surface area contributed by atoms with E-state index < -0.39 is 0 Å². The fraction of sp³-hybridized carbons (Fsp3) is 0.308. The van der Waals surface area contributed by atoms with Crippen molar-refractivity contribution in [3.63, 3.8) is 0 Å². The third kappa shape index (κ3) is 3.31. The Balaban J connectivity index is 1.34. The number of nitrogens with zero attached hydrogens (tertiary/aromatic N) is 3. The minimum atomic E-state index is 0.962. The van der Waals surface area contributed by atoms with Gasteiger partial charge in [-0.25, -0.2) is 0 Å². The predicted molar refractivity (Wildman–Crippen MR) is 126 cm³/mol. The van der Waals surface area contributed by atoms with Gasteiger partial charge in [-0.2, -0.15) is 0 Å². The summed E-state index contributed by atoms with van der Waals surface area (Å²) >= 11 is 0. The summed E-state index contributed by atoms with van der Waals surface area (Å²) in [6, 6.07) is 24.1. The summed E-state index contributed by atoms with van der Waals surface area (Å²) in [5.74, 6) is 0.962. The van der Waals surface area contributed by atoms with Crippen molar-refractivity contribution in [3.8, 4) is 5.75 Å². The standard InChI is InChI=1S/C26H29N3O/c1-3-29-23-9-5-4-8-21(23)22-18-20(12-13-24(22)29)19-27-14-16-28(17-15-27)25-10-6-7-11-26(25)30-2/h4-13,18H,3,14-17,19H2,1-2H3. The monoisotopic (exact) mass is 399 g/mol. The SMILES string of the molecule is CCn1c2ccccc2c2cc(CN3CCN(c4ccccc4OC)CC3)ccc21. The molecule has 0 saturated carbocycles. The van der Waals surface area contributed by atoms with Crippen molar-refractivity contribution in [1.82, 2.24) is 9.47 Å². The normalized spacial score (nSPS) is 15.2. The number of methoxy groups -OCH3 is 1. The number of piperazine rings is 1. The van der Waals surface area contributed by atoms with E-state index in [1.165, 1.54) is 33.1 Å². The van der Waals surface area contributed by atoms with E-state index in [4.69, 9.17) is 4.74 Å². The van der Waals surface area contributed by atoms with E-state index in [2.05, 4.69) is 75.9 Å². The van der Waals surface area contributed by atoms with E-state index in [9.17, 15) is 0 Å². The van der Waals surface area contributed by atoms with Gasteiger partial charge in [0, 0.05) is 61.1 Å². The van der Waals surface area contributed by atoms with Crippen molar-refractivity contribution in [3.05, 3.63) is 72.3 Å². The molecule has 0 aliphatic carbocycles. The summed E-state index contributed by atoms with van der Waals surface area (Å²) in [5.41, 5.74) is 5.27. The van der Waals surface area contributed by atoms with Crippen molar-refractivity contribution in [2.75, 3.05) is 38.2 Å². The van der Waals surface area contributed by atoms with Gasteiger partial charge in [0.05, 0.1) is 12.8 Å². The Kier molecular flexibility index (Phi) is 5.09. The van der Waals surface area contributed by atoms with E-state index in [1.54, 1.807) is 7.11 Å². The number of aryl methyl sites for hydroxylation is 1. The van der Waals surface area contributed by atoms with Crippen LogP contribution in [-0.4, -0.2) is 42.8 Å². The van der Waals surface area contributed by atoms with E-state index in [-0.39, 0.29) is 0 Å². The third-order valence-electron chi connectivity index (χ3n) is 6.36. The lowest BCUT2D eigenvalue weighted by Crippen LogP contribution is -2.46. The maximum Gasteiger partial charge on any atom is 0.142 e. The van der Waals surface area contributed by atoms with Crippen LogP contribution in [0.3, 0.4) is 0 Å². The molecule has 1 fully saturated rings. The number of hydrogen-bond acceptors (Lipinski definition) is 3. The first-order valence-electron chi connectivity index (χ1n) is 10.9. The Bertz CT molecular complexity index is 1170. The summed E-state index contributed by atoms with van der Waals surface area (Å²) in [7, 11) is 1.75. The smallest absolute Gasteiger partial charge is 0.142 e. The van der Waals surface area contributed by atoms with Crippen molar-refractivity contribution >= 4 is 27.5 Å². The lowest BCUT2D eigenvalue weighted by atomic mass is 10.1. The molecule has 1 saturated heterocycles. The van der Waals surface area contributed by atoms with Gasteiger partial charge in [-0.3, -0.25) is 4.90 Å². The molecule has 30 heavy (non-hydrogen) atoms. The van der Waals surface area contributed by atoms with Crippen LogP contribution in [0.2, 0.25) is 0 Å². The summed E-state index contributed by atoms with van der Waals surface area (Å²) in [6.45, 7) is 8.39. The zero-order valence-electron chi connectivity index (χ0n) is 17.8. The van der Waals surface area contributed by atoms with Gasteiger partial charge in [0.2, 0.25) is 0 Å². The van der Waals surface area contributed by atoms with Crippen molar-refractivity contribution in [1.29, 1.82) is 0 Å². The van der Waals surface area contributed by atoms with Crippen LogP contribution in [0.1, 0.15) is 12.5 Å². The molecule has 1 aliphatic heterocycles. The van der Waals surface area contributed by atoms with E-state index >= 15 is 0 Å². The fourth-order valence-corrected chi connectivity index (χ4v) is 4.84. The van der Waals surface area contributed by atoms with Crippen molar-refractivity contribution in [2.45, 2.75) is 20.0 Å². The van der Waals surface area contributed by atoms with Gasteiger partial charge in [0.15, 0.2) is 0 Å². The molecule has 154 valence electrons. The Labute approximate surface area is 178 Å². The van der Waals surface area contributed by atoms with Gasteiger partial charge in [0.1, 0.15) is 5.75 Å². The molecular weight excluding hydrogens is 370 g/mol. The highest BCUT2D eigenvalue weighted by Gasteiger charge is 2.20. The minimum absolute atomic E-state index is 0.962. The number of para-hydroxylation sites is 3.